The van der Waals surface area contributed by atoms with Gasteiger partial charge in [-0.1, -0.05) is 312 Å². The van der Waals surface area contributed by atoms with E-state index in [0.717, 1.165) is 108 Å². The first-order valence-corrected chi connectivity index (χ1v) is 40.4. The van der Waals surface area contributed by atoms with Gasteiger partial charge in [-0.3, -0.25) is 37.3 Å². The van der Waals surface area contributed by atoms with Crippen molar-refractivity contribution in [1.29, 1.82) is 0 Å². The Kier molecular flexibility index (Phi) is 61.5. The van der Waals surface area contributed by atoms with Crippen molar-refractivity contribution in [1.82, 2.24) is 0 Å². The van der Waals surface area contributed by atoms with Gasteiger partial charge >= 0.3 is 39.5 Å². The molecule has 0 aromatic rings. The van der Waals surface area contributed by atoms with Gasteiger partial charge in [0.15, 0.2) is 12.2 Å². The van der Waals surface area contributed by atoms with Crippen LogP contribution in [0.25, 0.3) is 0 Å². The summed E-state index contributed by atoms with van der Waals surface area (Å²) < 4.78 is 68.4. The molecule has 0 heterocycles. The van der Waals surface area contributed by atoms with E-state index in [-0.39, 0.29) is 25.7 Å². The molecule has 0 aromatic carbocycles. The van der Waals surface area contributed by atoms with Gasteiger partial charge < -0.3 is 33.8 Å². The minimum Gasteiger partial charge on any atom is -0.462 e. The first-order valence-electron chi connectivity index (χ1n) is 37.4. The van der Waals surface area contributed by atoms with Crippen LogP contribution in [-0.2, 0) is 65.4 Å². The zero-order valence-corrected chi connectivity index (χ0v) is 61.1. The van der Waals surface area contributed by atoms with E-state index in [1.807, 2.05) is 0 Å². The molecule has 0 saturated heterocycles. The van der Waals surface area contributed by atoms with Crippen LogP contribution in [0.1, 0.15) is 363 Å². The maximum Gasteiger partial charge on any atom is 0.472 e. The van der Waals surface area contributed by atoms with Gasteiger partial charge in [0, 0.05) is 25.7 Å². The van der Waals surface area contributed by atoms with Crippen molar-refractivity contribution in [2.45, 2.75) is 381 Å². The average Bonchev–Trinajstić information content (AvgIpc) is 3.26. The van der Waals surface area contributed by atoms with Crippen molar-refractivity contribution in [2.24, 2.45) is 17.8 Å². The number of unbranched alkanes of at least 4 members (excludes halogenated alkanes) is 37. The summed E-state index contributed by atoms with van der Waals surface area (Å²) in [6.07, 6.45) is 47.0. The van der Waals surface area contributed by atoms with Crippen molar-refractivity contribution in [2.75, 3.05) is 39.6 Å². The summed E-state index contributed by atoms with van der Waals surface area (Å²) in [6, 6.07) is 0. The van der Waals surface area contributed by atoms with Crippen molar-refractivity contribution < 1.29 is 80.2 Å². The number of aliphatic hydroxyl groups is 1. The van der Waals surface area contributed by atoms with Crippen LogP contribution < -0.4 is 0 Å². The highest BCUT2D eigenvalue weighted by Gasteiger charge is 2.30. The lowest BCUT2D eigenvalue weighted by Gasteiger charge is -2.21. The van der Waals surface area contributed by atoms with Gasteiger partial charge in [-0.25, -0.2) is 9.13 Å². The molecule has 0 fully saturated rings. The highest BCUT2D eigenvalue weighted by Crippen LogP contribution is 2.45. The van der Waals surface area contributed by atoms with Gasteiger partial charge in [-0.05, 0) is 43.4 Å². The maximum atomic E-state index is 13.0. The van der Waals surface area contributed by atoms with Crippen molar-refractivity contribution in [3.63, 3.8) is 0 Å². The number of hydrogen-bond acceptors (Lipinski definition) is 15. The third-order valence-electron chi connectivity index (χ3n) is 17.0. The Hall–Kier alpha value is -1.94. The molecule has 0 saturated carbocycles. The van der Waals surface area contributed by atoms with Gasteiger partial charge in [0.1, 0.15) is 19.3 Å². The van der Waals surface area contributed by atoms with Crippen LogP contribution >= 0.6 is 15.6 Å². The fraction of sp³-hybridized carbons (Fsp3) is 0.944. The molecular formula is C72H140O17P2. The molecule has 0 radical (unpaired) electrons. The number of carbonyl (C=O) groups is 4. The molecule has 0 aliphatic carbocycles. The van der Waals surface area contributed by atoms with Crippen molar-refractivity contribution in [3.8, 4) is 0 Å². The normalized spacial score (nSPS) is 14.5. The highest BCUT2D eigenvalue weighted by molar-refractivity contribution is 7.47. The van der Waals surface area contributed by atoms with Gasteiger partial charge in [-0.15, -0.1) is 0 Å². The van der Waals surface area contributed by atoms with E-state index >= 15 is 0 Å². The van der Waals surface area contributed by atoms with Crippen LogP contribution in [-0.4, -0.2) is 96.7 Å². The van der Waals surface area contributed by atoms with E-state index in [1.54, 1.807) is 0 Å². The number of aliphatic hydroxyl groups excluding tert-OH is 1. The topological polar surface area (TPSA) is 237 Å². The fourth-order valence-corrected chi connectivity index (χ4v) is 12.4. The van der Waals surface area contributed by atoms with Crippen molar-refractivity contribution >= 4 is 39.5 Å². The third kappa shape index (κ3) is 65.1. The number of hydrogen-bond donors (Lipinski definition) is 3. The summed E-state index contributed by atoms with van der Waals surface area (Å²) in [6.45, 7) is 11.9. The van der Waals surface area contributed by atoms with E-state index in [4.69, 9.17) is 37.0 Å². The Balaban J connectivity index is 5.27. The summed E-state index contributed by atoms with van der Waals surface area (Å²) >= 11 is 0. The lowest BCUT2D eigenvalue weighted by Crippen LogP contribution is -2.30. The molecule has 91 heavy (non-hydrogen) atoms. The van der Waals surface area contributed by atoms with Crippen LogP contribution in [0.15, 0.2) is 0 Å². The molecule has 0 aliphatic rings. The Bertz CT molecular complexity index is 1790. The summed E-state index contributed by atoms with van der Waals surface area (Å²) in [5.74, 6) is 0.166. The second kappa shape index (κ2) is 62.8. The number of carbonyl (C=O) groups excluding carboxylic acids is 4. The Morgan fingerprint density at radius 1 is 0.319 bits per heavy atom. The van der Waals surface area contributed by atoms with Crippen LogP contribution in [0.3, 0.4) is 0 Å². The molecule has 0 amide bonds. The number of ether oxygens (including phenoxy) is 4. The minimum absolute atomic E-state index is 0.105. The molecule has 540 valence electrons. The molecular weight excluding hydrogens is 1200 g/mol. The van der Waals surface area contributed by atoms with E-state index in [0.29, 0.717) is 25.7 Å². The number of phosphoric ester groups is 2. The van der Waals surface area contributed by atoms with Gasteiger partial charge in [0.25, 0.3) is 0 Å². The zero-order chi connectivity index (χ0) is 67.3. The number of rotatable bonds is 70. The first-order chi connectivity index (χ1) is 43.8. The van der Waals surface area contributed by atoms with Crippen LogP contribution in [0.4, 0.5) is 0 Å². The Morgan fingerprint density at radius 2 is 0.560 bits per heavy atom. The van der Waals surface area contributed by atoms with Crippen LogP contribution in [0.2, 0.25) is 0 Å². The van der Waals surface area contributed by atoms with E-state index in [2.05, 4.69) is 48.5 Å². The third-order valence-corrected chi connectivity index (χ3v) is 18.9. The van der Waals surface area contributed by atoms with E-state index in [9.17, 15) is 43.2 Å². The zero-order valence-electron chi connectivity index (χ0n) is 59.3. The van der Waals surface area contributed by atoms with Gasteiger partial charge in [0.2, 0.25) is 0 Å². The van der Waals surface area contributed by atoms with E-state index in [1.165, 1.54) is 173 Å². The predicted octanol–water partition coefficient (Wildman–Crippen LogP) is 20.6. The van der Waals surface area contributed by atoms with Gasteiger partial charge in [-0.2, -0.15) is 0 Å². The standard InChI is InChI=1S/C72H140O17P2/c1-8-10-11-12-13-14-15-16-17-25-34-41-48-55-71(76)88-68(60-83-70(75)54-47-40-33-28-27-31-38-45-52-65(7)9-2)62-87-91(80,81)85-58-66(73)57-84-90(78,79)86-61-67(89-72(77)56-49-42-35-26-21-19-23-30-37-44-51-64(5)6)59-82-69(74)53-46-39-32-24-20-18-22-29-36-43-50-63(3)4/h63-68,73H,8-62H2,1-7H3,(H,78,79)(H,80,81)/t65?,66-,67-,68-/m1/s1. The smallest absolute Gasteiger partial charge is 0.462 e. The lowest BCUT2D eigenvalue weighted by molar-refractivity contribution is -0.161. The summed E-state index contributed by atoms with van der Waals surface area (Å²) in [5.41, 5.74) is 0. The quantitative estimate of drug-likeness (QED) is 0.0222. The molecule has 3 N–H and O–H groups in total. The molecule has 19 heteroatoms. The largest absolute Gasteiger partial charge is 0.472 e. The van der Waals surface area contributed by atoms with Crippen LogP contribution in [0, 0.1) is 17.8 Å². The van der Waals surface area contributed by atoms with Crippen LogP contribution in [0.5, 0.6) is 0 Å². The second-order valence-electron chi connectivity index (χ2n) is 27.2. The molecule has 0 aromatic heterocycles. The molecule has 6 atom stereocenters. The second-order valence-corrected chi connectivity index (χ2v) is 30.1. The molecule has 0 aliphatic heterocycles. The summed E-state index contributed by atoms with van der Waals surface area (Å²) in [4.78, 5) is 72.7. The molecule has 17 nitrogen and oxygen atoms in total. The monoisotopic (exact) mass is 1340 g/mol. The fourth-order valence-electron chi connectivity index (χ4n) is 10.9. The Labute approximate surface area is 556 Å². The highest BCUT2D eigenvalue weighted by atomic mass is 31.2. The molecule has 0 rings (SSSR count). The number of phosphoric acid groups is 2. The predicted molar refractivity (Wildman–Crippen MR) is 368 cm³/mol. The maximum absolute atomic E-state index is 13.0. The lowest BCUT2D eigenvalue weighted by atomic mass is 9.99. The number of esters is 4. The van der Waals surface area contributed by atoms with Crippen molar-refractivity contribution in [3.05, 3.63) is 0 Å². The average molecular weight is 1340 g/mol. The summed E-state index contributed by atoms with van der Waals surface area (Å²) in [7, 11) is -9.91. The van der Waals surface area contributed by atoms with Gasteiger partial charge in [0.05, 0.1) is 26.4 Å². The summed E-state index contributed by atoms with van der Waals surface area (Å²) in [5, 5.41) is 10.6. The Morgan fingerprint density at radius 3 is 0.835 bits per heavy atom. The van der Waals surface area contributed by atoms with E-state index < -0.39 is 97.5 Å². The SMILES string of the molecule is CCCCCCCCCCCCCCCC(=O)O[C@H](COC(=O)CCCCCCCCCCC(C)CC)COP(=O)(O)OC[C@H](O)COP(=O)(O)OC[C@@H](COC(=O)CCCCCCCCCCCCC(C)C)OC(=O)CCCCCCCCCCCCC(C)C. The molecule has 0 bridgehead atoms. The molecule has 3 unspecified atom stereocenters. The molecule has 0 spiro atoms. The first kappa shape index (κ1) is 89.1. The minimum atomic E-state index is -4.95.